The number of rotatable bonds is 3. The number of imide groups is 1. The Hall–Kier alpha value is -2.63. The Balaban J connectivity index is 1.87. The molecule has 25 heavy (non-hydrogen) atoms. The van der Waals surface area contributed by atoms with Gasteiger partial charge < -0.3 is 10.2 Å². The number of fused-ring (bicyclic) bond motifs is 1. The highest BCUT2D eigenvalue weighted by Gasteiger charge is 2.47. The summed E-state index contributed by atoms with van der Waals surface area (Å²) in [7, 11) is 2.01. The van der Waals surface area contributed by atoms with Gasteiger partial charge in [-0.15, -0.1) is 5.01 Å². The molecule has 6 heteroatoms. The van der Waals surface area contributed by atoms with Crippen LogP contribution < -0.4 is 10.2 Å². The number of carbonyl (C=O) groups excluding carboxylic acids is 2. The minimum absolute atomic E-state index is 0.174. The number of amides is 3. The molecule has 1 fully saturated rings. The fourth-order valence-corrected chi connectivity index (χ4v) is 3.49. The van der Waals surface area contributed by atoms with Crippen LogP contribution >= 0.6 is 0 Å². The number of hydrogen-bond acceptors (Lipinski definition) is 4. The van der Waals surface area contributed by atoms with E-state index in [1.165, 1.54) is 11.8 Å². The molecule has 6 nitrogen and oxygen atoms in total. The van der Waals surface area contributed by atoms with Gasteiger partial charge in [0.2, 0.25) is 0 Å². The molecular weight excluding hydrogens is 316 g/mol. The van der Waals surface area contributed by atoms with Crippen molar-refractivity contribution in [2.75, 3.05) is 11.9 Å². The van der Waals surface area contributed by atoms with E-state index >= 15 is 0 Å². The van der Waals surface area contributed by atoms with Gasteiger partial charge in [0.25, 0.3) is 5.91 Å². The van der Waals surface area contributed by atoms with Crippen molar-refractivity contribution < 1.29 is 9.59 Å². The number of allylic oxidation sites excluding steroid dienone is 2. The summed E-state index contributed by atoms with van der Waals surface area (Å²) in [4.78, 5) is 26.5. The standard InChI is InChI=1S/C19H24N4O2/c1-6-19(4)16(24)23(17(25)21-19)20-12-11-15-18(2,3)13-9-7-8-10-14(13)22(15)5/h7-12H,6H2,1-5H3,(H,21,25). The zero-order valence-electron chi connectivity index (χ0n) is 15.3. The monoisotopic (exact) mass is 340 g/mol. The second-order valence-electron chi connectivity index (χ2n) is 7.25. The number of anilines is 1. The second kappa shape index (κ2) is 5.72. The average molecular weight is 340 g/mol. The lowest BCUT2D eigenvalue weighted by molar-refractivity contribution is -0.130. The van der Waals surface area contributed by atoms with Gasteiger partial charge in [0.05, 0.1) is 0 Å². The molecule has 1 atom stereocenters. The van der Waals surface area contributed by atoms with Crippen LogP contribution in [0.5, 0.6) is 0 Å². The normalized spacial score (nSPS) is 26.7. The molecule has 2 heterocycles. The molecule has 3 rings (SSSR count). The van der Waals surface area contributed by atoms with E-state index in [0.29, 0.717) is 6.42 Å². The smallest absolute Gasteiger partial charge is 0.346 e. The summed E-state index contributed by atoms with van der Waals surface area (Å²) in [6.45, 7) is 7.88. The molecule has 2 aliphatic heterocycles. The lowest BCUT2D eigenvalue weighted by Gasteiger charge is -2.23. The lowest BCUT2D eigenvalue weighted by atomic mass is 9.84. The van der Waals surface area contributed by atoms with Crippen molar-refractivity contribution in [3.63, 3.8) is 0 Å². The van der Waals surface area contributed by atoms with Crippen LogP contribution in [-0.4, -0.2) is 35.7 Å². The maximum atomic E-state index is 12.4. The van der Waals surface area contributed by atoms with Crippen LogP contribution in [0.2, 0.25) is 0 Å². The van der Waals surface area contributed by atoms with Crippen LogP contribution in [0.3, 0.4) is 0 Å². The summed E-state index contributed by atoms with van der Waals surface area (Å²) in [5, 5.41) is 7.70. The van der Waals surface area contributed by atoms with Gasteiger partial charge in [0.1, 0.15) is 5.54 Å². The Morgan fingerprint density at radius 1 is 1.20 bits per heavy atom. The highest BCUT2D eigenvalue weighted by Crippen LogP contribution is 2.46. The summed E-state index contributed by atoms with van der Waals surface area (Å²) < 4.78 is 0. The Kier molecular flexibility index (Phi) is 3.94. The van der Waals surface area contributed by atoms with Gasteiger partial charge in [-0.2, -0.15) is 5.10 Å². The van der Waals surface area contributed by atoms with E-state index in [0.717, 1.165) is 16.4 Å². The van der Waals surface area contributed by atoms with Gasteiger partial charge in [-0.1, -0.05) is 39.0 Å². The second-order valence-corrected chi connectivity index (χ2v) is 7.25. The first-order chi connectivity index (χ1) is 11.7. The first-order valence-corrected chi connectivity index (χ1v) is 8.47. The molecular formula is C19H24N4O2. The van der Waals surface area contributed by atoms with E-state index in [1.54, 1.807) is 6.92 Å². The van der Waals surface area contributed by atoms with Crippen molar-refractivity contribution in [2.45, 2.75) is 45.1 Å². The molecule has 0 bridgehead atoms. The fraction of sp³-hybridized carbons (Fsp3) is 0.421. The molecule has 3 amide bonds. The third-order valence-corrected chi connectivity index (χ3v) is 5.30. The first-order valence-electron chi connectivity index (χ1n) is 8.47. The first kappa shape index (κ1) is 17.2. The van der Waals surface area contributed by atoms with Crippen molar-refractivity contribution >= 4 is 23.8 Å². The van der Waals surface area contributed by atoms with Gasteiger partial charge >= 0.3 is 6.03 Å². The third-order valence-electron chi connectivity index (χ3n) is 5.30. The maximum absolute atomic E-state index is 12.4. The van der Waals surface area contributed by atoms with E-state index in [-0.39, 0.29) is 11.3 Å². The fourth-order valence-electron chi connectivity index (χ4n) is 3.49. The van der Waals surface area contributed by atoms with Crippen molar-refractivity contribution in [1.29, 1.82) is 0 Å². The van der Waals surface area contributed by atoms with E-state index in [2.05, 4.69) is 41.3 Å². The SMILES string of the molecule is CCC1(C)NC(=O)N(N=CC=C2N(C)c3ccccc3C2(C)C)C1=O. The van der Waals surface area contributed by atoms with E-state index in [9.17, 15) is 9.59 Å². The number of hydrogen-bond donors (Lipinski definition) is 1. The molecule has 1 aromatic carbocycles. The van der Waals surface area contributed by atoms with E-state index in [4.69, 9.17) is 0 Å². The number of hydrazone groups is 1. The Labute approximate surface area is 148 Å². The minimum Gasteiger partial charge on any atom is -0.347 e. The number of nitrogens with zero attached hydrogens (tertiary/aromatic N) is 3. The summed E-state index contributed by atoms with van der Waals surface area (Å²) in [6.07, 6.45) is 3.91. The van der Waals surface area contributed by atoms with Gasteiger partial charge in [0.15, 0.2) is 0 Å². The zero-order valence-corrected chi connectivity index (χ0v) is 15.3. The topological polar surface area (TPSA) is 65.0 Å². The van der Waals surface area contributed by atoms with Crippen LogP contribution in [0.15, 0.2) is 41.1 Å². The number of benzene rings is 1. The minimum atomic E-state index is -0.874. The predicted molar refractivity (Wildman–Crippen MR) is 98.5 cm³/mol. The van der Waals surface area contributed by atoms with E-state index in [1.807, 2.05) is 32.2 Å². The summed E-state index contributed by atoms with van der Waals surface area (Å²) >= 11 is 0. The van der Waals surface area contributed by atoms with Gasteiger partial charge in [0, 0.05) is 30.1 Å². The number of urea groups is 1. The molecule has 0 aliphatic carbocycles. The van der Waals surface area contributed by atoms with Crippen LogP contribution in [0.25, 0.3) is 0 Å². The molecule has 0 aromatic heterocycles. The van der Waals surface area contributed by atoms with E-state index < -0.39 is 11.6 Å². The Bertz CT molecular complexity index is 796. The van der Waals surface area contributed by atoms with Crippen molar-refractivity contribution in [2.24, 2.45) is 5.10 Å². The molecule has 0 radical (unpaired) electrons. The quantitative estimate of drug-likeness (QED) is 0.679. The molecule has 1 saturated heterocycles. The predicted octanol–water partition coefficient (Wildman–Crippen LogP) is 3.00. The largest absolute Gasteiger partial charge is 0.347 e. The molecule has 132 valence electrons. The lowest BCUT2D eigenvalue weighted by Crippen LogP contribution is -2.42. The van der Waals surface area contributed by atoms with Crippen LogP contribution in [0, 0.1) is 0 Å². The van der Waals surface area contributed by atoms with Crippen molar-refractivity contribution in [1.82, 2.24) is 10.3 Å². The number of nitrogens with one attached hydrogen (secondary N) is 1. The molecule has 0 saturated carbocycles. The molecule has 0 spiro atoms. The molecule has 1 aromatic rings. The summed E-state index contributed by atoms with van der Waals surface area (Å²) in [5.74, 6) is -0.322. The maximum Gasteiger partial charge on any atom is 0.346 e. The van der Waals surface area contributed by atoms with Crippen molar-refractivity contribution in [3.8, 4) is 0 Å². The van der Waals surface area contributed by atoms with Crippen molar-refractivity contribution in [3.05, 3.63) is 41.6 Å². The summed E-state index contributed by atoms with van der Waals surface area (Å²) in [5.41, 5.74) is 2.41. The van der Waals surface area contributed by atoms with Crippen LogP contribution in [-0.2, 0) is 10.2 Å². The number of likely N-dealkylation sites (N-methyl/N-ethyl adjacent to an activating group) is 1. The average Bonchev–Trinajstić information content (AvgIpc) is 2.92. The molecule has 2 aliphatic rings. The zero-order chi connectivity index (χ0) is 18.4. The number of carbonyl (C=O) groups is 2. The van der Waals surface area contributed by atoms with Gasteiger partial charge in [-0.05, 0) is 31.1 Å². The highest BCUT2D eigenvalue weighted by molar-refractivity contribution is 6.07. The number of para-hydroxylation sites is 1. The van der Waals surface area contributed by atoms with Crippen LogP contribution in [0.1, 0.15) is 39.7 Å². The van der Waals surface area contributed by atoms with Gasteiger partial charge in [-0.25, -0.2) is 4.79 Å². The van der Waals surface area contributed by atoms with Crippen LogP contribution in [0.4, 0.5) is 10.5 Å². The Morgan fingerprint density at radius 2 is 1.88 bits per heavy atom. The highest BCUT2D eigenvalue weighted by atomic mass is 16.2. The molecule has 1 N–H and O–H groups in total. The van der Waals surface area contributed by atoms with Gasteiger partial charge in [-0.3, -0.25) is 4.79 Å². The molecule has 1 unspecified atom stereocenters. The third kappa shape index (κ3) is 2.52. The summed E-state index contributed by atoms with van der Waals surface area (Å²) in [6, 6.07) is 7.77. The Morgan fingerprint density at radius 3 is 2.48 bits per heavy atom.